The van der Waals surface area contributed by atoms with Crippen molar-refractivity contribution in [1.82, 2.24) is 20.1 Å². The molecule has 5 rings (SSSR count). The summed E-state index contributed by atoms with van der Waals surface area (Å²) in [5.41, 5.74) is 4.78. The molecule has 2 aromatic carbocycles. The summed E-state index contributed by atoms with van der Waals surface area (Å²) in [6.07, 6.45) is 3.43. The second-order valence-corrected chi connectivity index (χ2v) is 7.58. The number of aromatic hydroxyl groups is 1. The number of hydrogen-bond acceptors (Lipinski definition) is 5. The van der Waals surface area contributed by atoms with Crippen molar-refractivity contribution in [3.8, 4) is 22.8 Å². The fraction of sp³-hybridized carbons (Fsp3) is 0.160. The van der Waals surface area contributed by atoms with Crippen LogP contribution in [0.3, 0.4) is 0 Å². The molecule has 32 heavy (non-hydrogen) atoms. The fourth-order valence-corrected chi connectivity index (χ4v) is 4.18. The number of amides is 1. The second-order valence-electron chi connectivity index (χ2n) is 7.58. The Morgan fingerprint density at radius 2 is 1.88 bits per heavy atom. The molecule has 3 heterocycles. The van der Waals surface area contributed by atoms with Gasteiger partial charge in [-0.05, 0) is 42.3 Å². The molecule has 7 nitrogen and oxygen atoms in total. The van der Waals surface area contributed by atoms with Crippen LogP contribution >= 0.6 is 0 Å². The first-order valence-electron chi connectivity index (χ1n) is 10.5. The minimum atomic E-state index is -0.389. The number of aromatic nitrogens is 3. The van der Waals surface area contributed by atoms with Gasteiger partial charge in [0.1, 0.15) is 5.69 Å². The standard InChI is InChI=1S/C25H22N4O3/c1-2-32-20-14-18(8-9-19(20)30)24-21-22(17-6-4-3-5-7-17)27-28-23(21)25(31)29(24)15-16-10-12-26-13-11-16/h3-14,24,30H,2,15H2,1H3,(H,27,28). The van der Waals surface area contributed by atoms with Crippen LogP contribution in [0.15, 0.2) is 73.1 Å². The van der Waals surface area contributed by atoms with Gasteiger partial charge in [-0.3, -0.25) is 14.9 Å². The minimum Gasteiger partial charge on any atom is -0.504 e. The van der Waals surface area contributed by atoms with E-state index in [4.69, 9.17) is 4.74 Å². The van der Waals surface area contributed by atoms with Crippen LogP contribution in [-0.4, -0.2) is 37.7 Å². The van der Waals surface area contributed by atoms with E-state index in [-0.39, 0.29) is 17.7 Å². The average molecular weight is 426 g/mol. The van der Waals surface area contributed by atoms with E-state index in [2.05, 4.69) is 15.2 Å². The molecule has 0 bridgehead atoms. The number of fused-ring (bicyclic) bond motifs is 1. The Bertz CT molecular complexity index is 1250. The largest absolute Gasteiger partial charge is 0.504 e. The van der Waals surface area contributed by atoms with E-state index in [1.54, 1.807) is 24.5 Å². The molecule has 0 spiro atoms. The third-order valence-corrected chi connectivity index (χ3v) is 5.61. The van der Waals surface area contributed by atoms with Crippen molar-refractivity contribution >= 4 is 5.91 Å². The number of H-pyrrole nitrogens is 1. The van der Waals surface area contributed by atoms with Gasteiger partial charge < -0.3 is 14.7 Å². The molecule has 0 saturated heterocycles. The van der Waals surface area contributed by atoms with E-state index in [9.17, 15) is 9.90 Å². The molecule has 1 aliphatic rings. The Labute approximate surface area is 185 Å². The van der Waals surface area contributed by atoms with Gasteiger partial charge in [0, 0.05) is 30.1 Å². The van der Waals surface area contributed by atoms with Crippen LogP contribution in [0, 0.1) is 0 Å². The Hall–Kier alpha value is -4.13. The summed E-state index contributed by atoms with van der Waals surface area (Å²) in [5.74, 6) is 0.332. The lowest BCUT2D eigenvalue weighted by Gasteiger charge is -2.27. The molecule has 1 amide bonds. The molecule has 0 aliphatic carbocycles. The summed E-state index contributed by atoms with van der Waals surface area (Å²) in [6.45, 7) is 2.70. The maximum atomic E-state index is 13.5. The second kappa shape index (κ2) is 8.19. The van der Waals surface area contributed by atoms with Gasteiger partial charge in [-0.25, -0.2) is 0 Å². The van der Waals surface area contributed by atoms with E-state index in [0.717, 1.165) is 27.9 Å². The number of phenolic OH excluding ortho intramolecular Hbond substituents is 1. The van der Waals surface area contributed by atoms with Gasteiger partial charge >= 0.3 is 0 Å². The Morgan fingerprint density at radius 3 is 2.62 bits per heavy atom. The Morgan fingerprint density at radius 1 is 1.09 bits per heavy atom. The monoisotopic (exact) mass is 426 g/mol. The number of carbonyl (C=O) groups excluding carboxylic acids is 1. The predicted molar refractivity (Wildman–Crippen MR) is 119 cm³/mol. The van der Waals surface area contributed by atoms with Gasteiger partial charge in [0.15, 0.2) is 11.5 Å². The van der Waals surface area contributed by atoms with Crippen LogP contribution in [0.5, 0.6) is 11.5 Å². The van der Waals surface area contributed by atoms with Crippen LogP contribution in [-0.2, 0) is 6.54 Å². The summed E-state index contributed by atoms with van der Waals surface area (Å²) in [5, 5.41) is 17.7. The van der Waals surface area contributed by atoms with Crippen molar-refractivity contribution in [2.24, 2.45) is 0 Å². The number of aromatic amines is 1. The fourth-order valence-electron chi connectivity index (χ4n) is 4.18. The van der Waals surface area contributed by atoms with Crippen molar-refractivity contribution in [2.75, 3.05) is 6.61 Å². The van der Waals surface area contributed by atoms with Gasteiger partial charge in [-0.15, -0.1) is 0 Å². The van der Waals surface area contributed by atoms with Crippen LogP contribution in [0.2, 0.25) is 0 Å². The zero-order valence-corrected chi connectivity index (χ0v) is 17.5. The smallest absolute Gasteiger partial charge is 0.273 e. The van der Waals surface area contributed by atoms with Gasteiger partial charge in [0.05, 0.1) is 18.3 Å². The molecule has 160 valence electrons. The zero-order chi connectivity index (χ0) is 22.1. The molecule has 0 fully saturated rings. The average Bonchev–Trinajstić information content (AvgIpc) is 3.36. The van der Waals surface area contributed by atoms with Gasteiger partial charge in [0.25, 0.3) is 5.91 Å². The number of phenols is 1. The Kier molecular flexibility index (Phi) is 5.07. The topological polar surface area (TPSA) is 91.3 Å². The predicted octanol–water partition coefficient (Wildman–Crippen LogP) is 4.32. The van der Waals surface area contributed by atoms with Crippen molar-refractivity contribution in [1.29, 1.82) is 0 Å². The first kappa shape index (κ1) is 19.8. The highest BCUT2D eigenvalue weighted by Crippen LogP contribution is 2.45. The summed E-state index contributed by atoms with van der Waals surface area (Å²) < 4.78 is 5.62. The van der Waals surface area contributed by atoms with Crippen molar-refractivity contribution < 1.29 is 14.6 Å². The summed E-state index contributed by atoms with van der Waals surface area (Å²) in [4.78, 5) is 19.4. The first-order chi connectivity index (χ1) is 15.7. The molecule has 2 aromatic heterocycles. The third kappa shape index (κ3) is 3.37. The summed E-state index contributed by atoms with van der Waals surface area (Å²) in [7, 11) is 0. The summed E-state index contributed by atoms with van der Waals surface area (Å²) in [6, 6.07) is 18.4. The molecule has 1 aliphatic heterocycles. The minimum absolute atomic E-state index is 0.0660. The zero-order valence-electron chi connectivity index (χ0n) is 17.5. The molecule has 4 aromatic rings. The highest BCUT2D eigenvalue weighted by molar-refractivity contribution is 6.00. The molecular formula is C25H22N4O3. The maximum Gasteiger partial charge on any atom is 0.273 e. The third-order valence-electron chi connectivity index (χ3n) is 5.61. The lowest BCUT2D eigenvalue weighted by atomic mass is 9.95. The number of pyridine rings is 1. The van der Waals surface area contributed by atoms with Gasteiger partial charge in [-0.2, -0.15) is 5.10 Å². The number of benzene rings is 2. The van der Waals surface area contributed by atoms with Crippen molar-refractivity contribution in [3.05, 3.63) is 95.4 Å². The quantitative estimate of drug-likeness (QED) is 0.479. The number of rotatable bonds is 6. The molecule has 0 radical (unpaired) electrons. The SMILES string of the molecule is CCOc1cc(C2c3c(-c4ccccc4)n[nH]c3C(=O)N2Cc2ccncc2)ccc1O. The van der Waals surface area contributed by atoms with Crippen LogP contribution in [0.4, 0.5) is 0 Å². The highest BCUT2D eigenvalue weighted by atomic mass is 16.5. The molecular weight excluding hydrogens is 404 g/mol. The van der Waals surface area contributed by atoms with E-state index >= 15 is 0 Å². The number of nitrogens with zero attached hydrogens (tertiary/aromatic N) is 3. The number of ether oxygens (including phenoxy) is 1. The van der Waals surface area contributed by atoms with E-state index in [1.165, 1.54) is 0 Å². The first-order valence-corrected chi connectivity index (χ1v) is 10.5. The highest BCUT2D eigenvalue weighted by Gasteiger charge is 2.42. The van der Waals surface area contributed by atoms with Gasteiger partial charge in [-0.1, -0.05) is 36.4 Å². The normalized spacial score (nSPS) is 15.1. The Balaban J connectivity index is 1.66. The lowest BCUT2D eigenvalue weighted by Crippen LogP contribution is -2.29. The van der Waals surface area contributed by atoms with Crippen LogP contribution in [0.1, 0.15) is 40.1 Å². The van der Waals surface area contributed by atoms with Crippen molar-refractivity contribution in [3.63, 3.8) is 0 Å². The molecule has 7 heteroatoms. The molecule has 1 atom stereocenters. The number of nitrogens with one attached hydrogen (secondary N) is 1. The molecule has 1 unspecified atom stereocenters. The van der Waals surface area contributed by atoms with Gasteiger partial charge in [0.2, 0.25) is 0 Å². The molecule has 0 saturated carbocycles. The lowest BCUT2D eigenvalue weighted by molar-refractivity contribution is 0.0729. The number of carbonyl (C=O) groups is 1. The number of hydrogen-bond donors (Lipinski definition) is 2. The van der Waals surface area contributed by atoms with Crippen LogP contribution < -0.4 is 4.74 Å². The summed E-state index contributed by atoms with van der Waals surface area (Å²) >= 11 is 0. The van der Waals surface area contributed by atoms with Crippen LogP contribution in [0.25, 0.3) is 11.3 Å². The van der Waals surface area contributed by atoms with Crippen molar-refractivity contribution in [2.45, 2.75) is 19.5 Å². The van der Waals surface area contributed by atoms with E-state index in [1.807, 2.05) is 60.4 Å². The maximum absolute atomic E-state index is 13.5. The van der Waals surface area contributed by atoms with E-state index in [0.29, 0.717) is 24.6 Å². The molecule has 2 N–H and O–H groups in total. The van der Waals surface area contributed by atoms with E-state index < -0.39 is 0 Å².